The Hall–Kier alpha value is -2.90. The predicted molar refractivity (Wildman–Crippen MR) is 164 cm³/mol. The molecule has 0 aliphatic heterocycles. The second-order valence-corrected chi connectivity index (χ2v) is 10.1. The average Bonchev–Trinajstić information content (AvgIpc) is 3.00. The molecule has 0 aliphatic rings. The minimum absolute atomic E-state index is 0.237. The number of nitrogens with zero attached hydrogens (tertiary/aromatic N) is 1. The molecule has 0 saturated heterocycles. The summed E-state index contributed by atoms with van der Waals surface area (Å²) in [7, 11) is 1.00. The van der Waals surface area contributed by atoms with Gasteiger partial charge in [-0.1, -0.05) is 64.5 Å². The molecule has 0 spiro atoms. The predicted octanol–water partition coefficient (Wildman–Crippen LogP) is 7.10. The maximum absolute atomic E-state index is 12.9. The van der Waals surface area contributed by atoms with E-state index in [1.54, 1.807) is 30.3 Å². The van der Waals surface area contributed by atoms with Crippen LogP contribution in [0.4, 0.5) is 5.69 Å². The van der Waals surface area contributed by atoms with Crippen molar-refractivity contribution in [2.24, 2.45) is 0 Å². The zero-order valence-corrected chi connectivity index (χ0v) is 25.5. The fraction of sp³-hybridized carbons (Fsp3) is 0.576. The minimum Gasteiger partial charge on any atom is -0.493 e. The summed E-state index contributed by atoms with van der Waals surface area (Å²) in [6.07, 6.45) is 9.47. The second kappa shape index (κ2) is 20.9. The number of aliphatic hydroxyl groups excluding tert-OH is 1. The first-order chi connectivity index (χ1) is 19.5. The van der Waals surface area contributed by atoms with E-state index in [0.717, 1.165) is 50.6 Å². The van der Waals surface area contributed by atoms with E-state index in [0.29, 0.717) is 35.8 Å². The van der Waals surface area contributed by atoms with Gasteiger partial charge in [0.1, 0.15) is 18.9 Å². The highest BCUT2D eigenvalue weighted by Gasteiger charge is 2.23. The zero-order chi connectivity index (χ0) is 29.6. The van der Waals surface area contributed by atoms with Crippen LogP contribution in [-0.4, -0.2) is 68.0 Å². The number of nitrogens with one attached hydrogen (secondary N) is 1. The van der Waals surface area contributed by atoms with Gasteiger partial charge in [-0.15, -0.1) is 0 Å². The van der Waals surface area contributed by atoms with Crippen LogP contribution in [0.1, 0.15) is 99.8 Å². The van der Waals surface area contributed by atoms with Crippen molar-refractivity contribution >= 4 is 17.6 Å². The normalized spacial score (nSPS) is 10.8. The molecule has 40 heavy (non-hydrogen) atoms. The van der Waals surface area contributed by atoms with Crippen LogP contribution >= 0.6 is 0 Å². The first kappa shape index (κ1) is 35.1. The Morgan fingerprint density at radius 3 is 2.02 bits per heavy atom. The fourth-order valence-electron chi connectivity index (χ4n) is 4.61. The Morgan fingerprint density at radius 2 is 1.38 bits per heavy atom. The highest BCUT2D eigenvalue weighted by molar-refractivity contribution is 6.06. The van der Waals surface area contributed by atoms with Crippen molar-refractivity contribution in [3.63, 3.8) is 0 Å². The number of quaternary nitrogens is 1. The van der Waals surface area contributed by atoms with Gasteiger partial charge in [-0.2, -0.15) is 0 Å². The molecule has 0 saturated carbocycles. The number of aliphatic hydroxyl groups is 1. The molecule has 7 heteroatoms. The lowest BCUT2D eigenvalue weighted by Gasteiger charge is -2.36. The monoisotopic (exact) mass is 557 g/mol. The Bertz CT molecular complexity index is 958. The van der Waals surface area contributed by atoms with Gasteiger partial charge in [0.15, 0.2) is 0 Å². The molecule has 1 amide bonds. The fourth-order valence-corrected chi connectivity index (χ4v) is 4.61. The van der Waals surface area contributed by atoms with Gasteiger partial charge in [0.2, 0.25) is 0 Å². The van der Waals surface area contributed by atoms with Gasteiger partial charge in [0.25, 0.3) is 5.91 Å². The number of anilines is 1. The second-order valence-electron chi connectivity index (χ2n) is 10.1. The molecule has 2 rings (SSSR count). The molecule has 2 N–H and O–H groups in total. The number of ether oxygens (including phenoxy) is 2. The van der Waals surface area contributed by atoms with E-state index >= 15 is 0 Å². The van der Waals surface area contributed by atoms with Gasteiger partial charge in [-0.3, -0.25) is 4.79 Å². The third-order valence-electron chi connectivity index (χ3n) is 7.39. The first-order valence-corrected chi connectivity index (χ1v) is 15.1. The Morgan fingerprint density at radius 1 is 0.750 bits per heavy atom. The smallest absolute Gasteiger partial charge is 0.338 e. The van der Waals surface area contributed by atoms with Gasteiger partial charge in [0.05, 0.1) is 37.4 Å². The summed E-state index contributed by atoms with van der Waals surface area (Å²) >= 11 is 0. The van der Waals surface area contributed by atoms with Crippen molar-refractivity contribution < 1.29 is 28.7 Å². The molecule has 224 valence electrons. The summed E-state index contributed by atoms with van der Waals surface area (Å²) in [4.78, 5) is 25.5. The number of benzene rings is 2. The van der Waals surface area contributed by atoms with Gasteiger partial charge in [-0.05, 0) is 63.1 Å². The molecule has 0 aliphatic carbocycles. The summed E-state index contributed by atoms with van der Waals surface area (Å²) in [5.74, 6) is 0.0163. The molecule has 0 unspecified atom stereocenters. The number of hydrogen-bond donors (Lipinski definition) is 2. The molecule has 0 aromatic heterocycles. The lowest BCUT2D eigenvalue weighted by Crippen LogP contribution is -2.50. The van der Waals surface area contributed by atoms with Crippen LogP contribution in [0, 0.1) is 0 Å². The number of carbonyl (C=O) groups excluding carboxylic acids is 2. The maximum atomic E-state index is 12.9. The Balaban J connectivity index is 0.00000391. The highest BCUT2D eigenvalue weighted by atomic mass is 16.5. The summed E-state index contributed by atoms with van der Waals surface area (Å²) in [5.41, 5.74) is 1.59. The Kier molecular flexibility index (Phi) is 18.4. The van der Waals surface area contributed by atoms with E-state index < -0.39 is 0 Å². The van der Waals surface area contributed by atoms with Crippen molar-refractivity contribution in [3.05, 3.63) is 59.7 Å². The third-order valence-corrected chi connectivity index (χ3v) is 7.39. The van der Waals surface area contributed by atoms with Crippen LogP contribution in [0.2, 0.25) is 0 Å². The SMILES string of the molecule is CCCCCCCCOc1ccccc1C(=O)Nc1ccc(C(=O)OCC[N+](CC)(CC)CCCC)cc1.CO. The molecule has 0 atom stereocenters. The summed E-state index contributed by atoms with van der Waals surface area (Å²) in [6, 6.07) is 14.2. The van der Waals surface area contributed by atoms with Crippen molar-refractivity contribution in [1.82, 2.24) is 0 Å². The van der Waals surface area contributed by atoms with E-state index in [1.165, 1.54) is 38.5 Å². The minimum atomic E-state index is -0.336. The van der Waals surface area contributed by atoms with E-state index in [1.807, 2.05) is 18.2 Å². The lowest BCUT2D eigenvalue weighted by atomic mass is 10.1. The molecule has 2 aromatic carbocycles. The summed E-state index contributed by atoms with van der Waals surface area (Å²) in [6.45, 7) is 13.8. The van der Waals surface area contributed by atoms with Crippen molar-refractivity contribution in [1.29, 1.82) is 0 Å². The molecule has 0 bridgehead atoms. The van der Waals surface area contributed by atoms with E-state index in [-0.39, 0.29) is 11.9 Å². The standard InChI is InChI=1S/C32H48N2O4.CH4O/c1-5-9-11-12-13-16-25-37-30-18-15-14-17-29(30)31(35)33-28-21-19-27(20-22-28)32(36)38-26-24-34(7-3,8-4)23-10-6-2;1-2/h14-15,17-22H,5-13,16,23-26H2,1-4H3;2H,1H3/p+1. The quantitative estimate of drug-likeness (QED) is 0.109. The zero-order valence-electron chi connectivity index (χ0n) is 25.5. The number of carbonyl (C=O) groups is 2. The molecule has 0 heterocycles. The molecular weight excluding hydrogens is 504 g/mol. The number of amides is 1. The Labute approximate surface area is 242 Å². The van der Waals surface area contributed by atoms with Gasteiger partial charge < -0.3 is 24.4 Å². The summed E-state index contributed by atoms with van der Waals surface area (Å²) < 4.78 is 12.5. The van der Waals surface area contributed by atoms with Crippen LogP contribution in [0.25, 0.3) is 0 Å². The van der Waals surface area contributed by atoms with Crippen LogP contribution in [0.5, 0.6) is 5.75 Å². The van der Waals surface area contributed by atoms with Crippen LogP contribution in [0.15, 0.2) is 48.5 Å². The topological polar surface area (TPSA) is 84.9 Å². The highest BCUT2D eigenvalue weighted by Crippen LogP contribution is 2.21. The van der Waals surface area contributed by atoms with E-state index in [4.69, 9.17) is 14.6 Å². The summed E-state index contributed by atoms with van der Waals surface area (Å²) in [5, 5.41) is 9.91. The van der Waals surface area contributed by atoms with E-state index in [9.17, 15) is 9.59 Å². The molecule has 2 aromatic rings. The molecule has 7 nitrogen and oxygen atoms in total. The van der Waals surface area contributed by atoms with Crippen LogP contribution in [0.3, 0.4) is 0 Å². The van der Waals surface area contributed by atoms with E-state index in [2.05, 4.69) is 33.0 Å². The van der Waals surface area contributed by atoms with Crippen molar-refractivity contribution in [2.75, 3.05) is 51.8 Å². The first-order valence-electron chi connectivity index (χ1n) is 15.1. The maximum Gasteiger partial charge on any atom is 0.338 e. The molecular formula is C33H53N2O5+. The number of likely N-dealkylation sites (N-methyl/N-ethyl adjacent to an activating group) is 1. The third kappa shape index (κ3) is 12.5. The van der Waals surface area contributed by atoms with Crippen molar-refractivity contribution in [3.8, 4) is 5.75 Å². The number of para-hydroxylation sites is 1. The largest absolute Gasteiger partial charge is 0.493 e. The average molecular weight is 558 g/mol. The van der Waals surface area contributed by atoms with Gasteiger partial charge in [-0.25, -0.2) is 4.79 Å². The lowest BCUT2D eigenvalue weighted by molar-refractivity contribution is -0.925. The van der Waals surface area contributed by atoms with Gasteiger partial charge in [0, 0.05) is 12.8 Å². The van der Waals surface area contributed by atoms with Crippen LogP contribution in [-0.2, 0) is 4.74 Å². The van der Waals surface area contributed by atoms with Gasteiger partial charge >= 0.3 is 5.97 Å². The number of unbranched alkanes of at least 4 members (excludes halogenated alkanes) is 6. The van der Waals surface area contributed by atoms with Crippen molar-refractivity contribution in [2.45, 2.75) is 79.1 Å². The number of rotatable bonds is 19. The molecule has 0 fully saturated rings. The van der Waals surface area contributed by atoms with Crippen LogP contribution < -0.4 is 10.1 Å². The number of esters is 1. The number of hydrogen-bond acceptors (Lipinski definition) is 5. The molecule has 0 radical (unpaired) electrons.